The maximum atomic E-state index is 6.19. The Hall–Kier alpha value is -1.39. The first-order valence-corrected chi connectivity index (χ1v) is 5.81. The van der Waals surface area contributed by atoms with Crippen molar-refractivity contribution >= 4 is 11.6 Å². The highest BCUT2D eigenvalue weighted by Gasteiger charge is 2.13. The van der Waals surface area contributed by atoms with Crippen LogP contribution in [0.1, 0.15) is 23.0 Å². The van der Waals surface area contributed by atoms with Crippen LogP contribution in [-0.4, -0.2) is 14.8 Å². The molecule has 17 heavy (non-hydrogen) atoms. The molecule has 5 heteroatoms. The van der Waals surface area contributed by atoms with Crippen molar-refractivity contribution < 1.29 is 0 Å². The molecule has 0 saturated heterocycles. The van der Waals surface area contributed by atoms with Gasteiger partial charge < -0.3 is 5.73 Å². The van der Waals surface area contributed by atoms with Gasteiger partial charge in [-0.15, -0.1) is 0 Å². The Balaban J connectivity index is 2.23. The van der Waals surface area contributed by atoms with Gasteiger partial charge >= 0.3 is 0 Å². The summed E-state index contributed by atoms with van der Waals surface area (Å²) in [5.41, 5.74) is 8.27. The fraction of sp³-hybridized carbons (Fsp3) is 0.333. The second kappa shape index (κ2) is 4.85. The van der Waals surface area contributed by atoms with E-state index in [-0.39, 0.29) is 6.04 Å². The predicted octanol–water partition coefficient (Wildman–Crippen LogP) is 2.02. The van der Waals surface area contributed by atoms with E-state index in [1.165, 1.54) is 6.33 Å². The molecule has 0 fully saturated rings. The number of halogens is 1. The number of nitrogens with two attached hydrogens (primary N) is 1. The summed E-state index contributed by atoms with van der Waals surface area (Å²) >= 11 is 6.08. The normalized spacial score (nSPS) is 12.7. The van der Waals surface area contributed by atoms with E-state index < -0.39 is 0 Å². The molecule has 90 valence electrons. The summed E-state index contributed by atoms with van der Waals surface area (Å²) in [4.78, 5) is 4.17. The van der Waals surface area contributed by atoms with Crippen LogP contribution in [0.25, 0.3) is 0 Å². The molecule has 0 radical (unpaired) electrons. The van der Waals surface area contributed by atoms with Gasteiger partial charge in [-0.1, -0.05) is 23.7 Å². The van der Waals surface area contributed by atoms with Crippen molar-refractivity contribution in [2.45, 2.75) is 19.4 Å². The average Bonchev–Trinajstić information content (AvgIpc) is 2.68. The van der Waals surface area contributed by atoms with Crippen molar-refractivity contribution in [2.75, 3.05) is 0 Å². The van der Waals surface area contributed by atoms with Crippen molar-refractivity contribution in [1.82, 2.24) is 14.8 Å². The molecule has 1 atom stereocenters. The first-order chi connectivity index (χ1) is 8.09. The highest BCUT2D eigenvalue weighted by atomic mass is 35.5. The summed E-state index contributed by atoms with van der Waals surface area (Å²) in [6, 6.07) is 5.68. The molecule has 0 bridgehead atoms. The Morgan fingerprint density at radius 3 is 2.88 bits per heavy atom. The Bertz CT molecular complexity index is 521. The quantitative estimate of drug-likeness (QED) is 0.907. The lowest BCUT2D eigenvalue weighted by Gasteiger charge is -2.15. The minimum atomic E-state index is -0.114. The maximum absolute atomic E-state index is 6.19. The average molecular weight is 251 g/mol. The Morgan fingerprint density at radius 1 is 1.47 bits per heavy atom. The van der Waals surface area contributed by atoms with Gasteiger partial charge in [-0.05, 0) is 24.1 Å². The predicted molar refractivity (Wildman–Crippen MR) is 67.8 cm³/mol. The summed E-state index contributed by atoms with van der Waals surface area (Å²) < 4.78 is 1.74. The zero-order chi connectivity index (χ0) is 12.4. The molecule has 4 nitrogen and oxygen atoms in total. The molecule has 0 saturated carbocycles. The fourth-order valence-corrected chi connectivity index (χ4v) is 2.02. The third-order valence-corrected chi connectivity index (χ3v) is 3.33. The van der Waals surface area contributed by atoms with Gasteiger partial charge in [0.25, 0.3) is 0 Å². The smallest absolute Gasteiger partial charge is 0.138 e. The molecule has 1 aromatic carbocycles. The van der Waals surface area contributed by atoms with E-state index in [2.05, 4.69) is 10.1 Å². The van der Waals surface area contributed by atoms with Gasteiger partial charge in [-0.2, -0.15) is 5.10 Å². The number of aromatic nitrogens is 3. The van der Waals surface area contributed by atoms with Gasteiger partial charge in [0.1, 0.15) is 12.2 Å². The molecule has 2 aromatic rings. The molecule has 0 aliphatic rings. The molecule has 1 aromatic heterocycles. The first kappa shape index (κ1) is 12.1. The lowest BCUT2D eigenvalue weighted by molar-refractivity contribution is 0.627. The summed E-state index contributed by atoms with van der Waals surface area (Å²) in [6.45, 7) is 1.98. The van der Waals surface area contributed by atoms with Crippen molar-refractivity contribution in [3.05, 3.63) is 46.5 Å². The number of benzene rings is 1. The van der Waals surface area contributed by atoms with Crippen LogP contribution < -0.4 is 5.73 Å². The highest BCUT2D eigenvalue weighted by molar-refractivity contribution is 6.31. The molecule has 1 unspecified atom stereocenters. The van der Waals surface area contributed by atoms with Crippen LogP contribution in [0.15, 0.2) is 24.5 Å². The second-order valence-corrected chi connectivity index (χ2v) is 4.47. The number of hydrogen-bond donors (Lipinski definition) is 1. The zero-order valence-corrected chi connectivity index (χ0v) is 10.6. The Morgan fingerprint density at radius 2 is 2.24 bits per heavy atom. The molecular weight excluding hydrogens is 236 g/mol. The summed E-state index contributed by atoms with van der Waals surface area (Å²) in [5, 5.41) is 4.77. The summed E-state index contributed by atoms with van der Waals surface area (Å²) in [7, 11) is 1.86. The van der Waals surface area contributed by atoms with E-state index in [1.807, 2.05) is 32.2 Å². The van der Waals surface area contributed by atoms with Crippen molar-refractivity contribution in [1.29, 1.82) is 0 Å². The van der Waals surface area contributed by atoms with Gasteiger partial charge in [0, 0.05) is 24.5 Å². The SMILES string of the molecule is Cc1c(Cl)cccc1C(N)Cc1ncnn1C. The van der Waals surface area contributed by atoms with Crippen LogP contribution in [-0.2, 0) is 13.5 Å². The zero-order valence-electron chi connectivity index (χ0n) is 9.89. The largest absolute Gasteiger partial charge is 0.324 e. The monoisotopic (exact) mass is 250 g/mol. The standard InChI is InChI=1S/C12H15ClN4/c1-8-9(4-3-5-10(8)13)11(14)6-12-15-7-16-17(12)2/h3-5,7,11H,6,14H2,1-2H3. The minimum Gasteiger partial charge on any atom is -0.324 e. The van der Waals surface area contributed by atoms with E-state index >= 15 is 0 Å². The molecule has 1 heterocycles. The van der Waals surface area contributed by atoms with E-state index in [9.17, 15) is 0 Å². The van der Waals surface area contributed by atoms with Crippen LogP contribution in [0.2, 0.25) is 5.02 Å². The van der Waals surface area contributed by atoms with Gasteiger partial charge in [0.15, 0.2) is 0 Å². The number of aryl methyl sites for hydroxylation is 1. The minimum absolute atomic E-state index is 0.114. The molecule has 0 aliphatic carbocycles. The highest BCUT2D eigenvalue weighted by Crippen LogP contribution is 2.24. The van der Waals surface area contributed by atoms with Crippen LogP contribution in [0.5, 0.6) is 0 Å². The van der Waals surface area contributed by atoms with Crippen LogP contribution >= 0.6 is 11.6 Å². The maximum Gasteiger partial charge on any atom is 0.138 e. The van der Waals surface area contributed by atoms with Crippen molar-refractivity contribution in [3.8, 4) is 0 Å². The van der Waals surface area contributed by atoms with Crippen molar-refractivity contribution in [3.63, 3.8) is 0 Å². The summed E-state index contributed by atoms with van der Waals surface area (Å²) in [5.74, 6) is 0.872. The molecule has 2 N–H and O–H groups in total. The van der Waals surface area contributed by atoms with E-state index in [1.54, 1.807) is 4.68 Å². The van der Waals surface area contributed by atoms with Gasteiger partial charge in [-0.25, -0.2) is 4.98 Å². The van der Waals surface area contributed by atoms with Gasteiger partial charge in [0.05, 0.1) is 0 Å². The molecule has 0 amide bonds. The third kappa shape index (κ3) is 2.48. The van der Waals surface area contributed by atoms with Crippen LogP contribution in [0, 0.1) is 6.92 Å². The fourth-order valence-electron chi connectivity index (χ4n) is 1.84. The number of rotatable bonds is 3. The summed E-state index contributed by atoms with van der Waals surface area (Å²) in [6.07, 6.45) is 2.19. The van der Waals surface area contributed by atoms with E-state index in [0.29, 0.717) is 6.42 Å². The number of hydrogen-bond acceptors (Lipinski definition) is 3. The van der Waals surface area contributed by atoms with Crippen LogP contribution in [0.3, 0.4) is 0 Å². The van der Waals surface area contributed by atoms with Crippen LogP contribution in [0.4, 0.5) is 0 Å². The Kier molecular flexibility index (Phi) is 3.45. The van der Waals surface area contributed by atoms with Gasteiger partial charge in [0.2, 0.25) is 0 Å². The third-order valence-electron chi connectivity index (χ3n) is 2.92. The molecule has 2 rings (SSSR count). The van der Waals surface area contributed by atoms with Gasteiger partial charge in [-0.3, -0.25) is 4.68 Å². The lowest BCUT2D eigenvalue weighted by Crippen LogP contribution is -2.17. The van der Waals surface area contributed by atoms with E-state index in [0.717, 1.165) is 22.0 Å². The molecule has 0 aliphatic heterocycles. The Labute approximate surface area is 105 Å². The first-order valence-electron chi connectivity index (χ1n) is 5.43. The molecular formula is C12H15ClN4. The molecule has 0 spiro atoms. The lowest BCUT2D eigenvalue weighted by atomic mass is 9.99. The van der Waals surface area contributed by atoms with Crippen molar-refractivity contribution in [2.24, 2.45) is 12.8 Å². The topological polar surface area (TPSA) is 56.7 Å². The number of nitrogens with zero attached hydrogens (tertiary/aromatic N) is 3. The second-order valence-electron chi connectivity index (χ2n) is 4.06. The van der Waals surface area contributed by atoms with E-state index in [4.69, 9.17) is 17.3 Å².